The Morgan fingerprint density at radius 2 is 1.81 bits per heavy atom. The summed E-state index contributed by atoms with van der Waals surface area (Å²) in [6.07, 6.45) is 5.80. The summed E-state index contributed by atoms with van der Waals surface area (Å²) in [5.74, 6) is -3.97. The van der Waals surface area contributed by atoms with Gasteiger partial charge in [-0.1, -0.05) is 72.0 Å². The molecule has 0 bridgehead atoms. The van der Waals surface area contributed by atoms with Gasteiger partial charge in [0.1, 0.15) is 35.9 Å². The number of hydrogen-bond donors (Lipinski definition) is 2. The Labute approximate surface area is 277 Å². The van der Waals surface area contributed by atoms with E-state index in [4.69, 9.17) is 9.47 Å². The van der Waals surface area contributed by atoms with Gasteiger partial charge in [0.15, 0.2) is 0 Å². The smallest absolute Gasteiger partial charge is 0.313 e. The lowest BCUT2D eigenvalue weighted by Gasteiger charge is -2.37. The zero-order valence-electron chi connectivity index (χ0n) is 26.7. The van der Waals surface area contributed by atoms with Crippen LogP contribution in [0.5, 0.6) is 0 Å². The maximum atomic E-state index is 14.6. The number of carbonyl (C=O) groups excluding carboxylic acids is 4. The minimum absolute atomic E-state index is 0.0585. The molecule has 5 heterocycles. The van der Waals surface area contributed by atoms with Gasteiger partial charge in [-0.15, -0.1) is 5.10 Å². The van der Waals surface area contributed by atoms with Crippen LogP contribution in [0.4, 0.5) is 0 Å². The van der Waals surface area contributed by atoms with Gasteiger partial charge in [0.05, 0.1) is 36.2 Å². The van der Waals surface area contributed by atoms with Crippen molar-refractivity contribution in [2.75, 3.05) is 13.2 Å². The number of esters is 1. The summed E-state index contributed by atoms with van der Waals surface area (Å²) in [6.45, 7) is 3.28. The number of aliphatic hydroxyl groups is 1. The molecular weight excluding hydrogens is 616 g/mol. The second-order valence-electron chi connectivity index (χ2n) is 12.9. The van der Waals surface area contributed by atoms with Crippen LogP contribution >= 0.6 is 0 Å². The maximum Gasteiger partial charge on any atom is 0.313 e. The summed E-state index contributed by atoms with van der Waals surface area (Å²) < 4.78 is 14.6. The molecule has 0 unspecified atom stereocenters. The van der Waals surface area contributed by atoms with Crippen molar-refractivity contribution < 1.29 is 33.8 Å². The Morgan fingerprint density at radius 3 is 2.60 bits per heavy atom. The monoisotopic (exact) mass is 654 g/mol. The molecule has 2 saturated heterocycles. The van der Waals surface area contributed by atoms with E-state index in [0.29, 0.717) is 17.5 Å². The number of fused-ring (bicyclic) bond motifs is 3. The number of amides is 3. The molecule has 0 aliphatic carbocycles. The first-order valence-electron chi connectivity index (χ1n) is 16.3. The average Bonchev–Trinajstić information content (AvgIpc) is 3.69. The van der Waals surface area contributed by atoms with E-state index in [9.17, 15) is 24.3 Å². The molecule has 3 amide bonds. The third-order valence-electron chi connectivity index (χ3n) is 9.83. The molecule has 1 spiro atoms. The molecule has 0 saturated carbocycles. The van der Waals surface area contributed by atoms with Crippen LogP contribution in [0.15, 0.2) is 78.9 Å². The van der Waals surface area contributed by atoms with Crippen LogP contribution in [-0.4, -0.2) is 96.6 Å². The number of benzene rings is 2. The average molecular weight is 655 g/mol. The number of nitrogens with zero attached hydrogens (tertiary/aromatic N) is 5. The van der Waals surface area contributed by atoms with Gasteiger partial charge in [-0.05, 0) is 38.0 Å². The van der Waals surface area contributed by atoms with Gasteiger partial charge < -0.3 is 29.7 Å². The number of nitrogens with one attached hydrogen (secondary N) is 1. The van der Waals surface area contributed by atoms with Crippen molar-refractivity contribution in [3.63, 3.8) is 0 Å². The first-order chi connectivity index (χ1) is 23.2. The Hall–Kier alpha value is -4.88. The molecule has 2 N–H and O–H groups in total. The molecular formula is C35H38N6O7. The first-order valence-corrected chi connectivity index (χ1v) is 16.3. The second kappa shape index (κ2) is 12.6. The van der Waals surface area contributed by atoms with Crippen LogP contribution < -0.4 is 5.32 Å². The minimum atomic E-state index is -1.53. The number of ether oxygens (including phenoxy) is 2. The topological polar surface area (TPSA) is 156 Å². The normalized spacial score (nSPS) is 32.0. The molecule has 48 heavy (non-hydrogen) atoms. The predicted molar refractivity (Wildman–Crippen MR) is 171 cm³/mol. The number of allylic oxidation sites excluding steroid dienone is 1. The third-order valence-corrected chi connectivity index (χ3v) is 9.83. The molecule has 4 aliphatic heterocycles. The fourth-order valence-corrected chi connectivity index (χ4v) is 7.56. The summed E-state index contributed by atoms with van der Waals surface area (Å²) in [7, 11) is 0. The number of aromatic nitrogens is 3. The highest BCUT2D eigenvalue weighted by Gasteiger charge is 2.72. The number of aliphatic hydroxyl groups excluding tert-OH is 1. The van der Waals surface area contributed by atoms with E-state index >= 15 is 0 Å². The number of carbonyl (C=O) groups is 4. The molecule has 13 nitrogen and oxygen atoms in total. The van der Waals surface area contributed by atoms with Crippen molar-refractivity contribution >= 4 is 34.7 Å². The molecule has 2 fully saturated rings. The zero-order valence-corrected chi connectivity index (χ0v) is 26.7. The van der Waals surface area contributed by atoms with Crippen LogP contribution in [0, 0.1) is 11.8 Å². The van der Waals surface area contributed by atoms with Gasteiger partial charge in [0, 0.05) is 13.0 Å². The second-order valence-corrected chi connectivity index (χ2v) is 12.9. The zero-order chi connectivity index (χ0) is 33.6. The Morgan fingerprint density at radius 1 is 1.04 bits per heavy atom. The molecule has 0 radical (unpaired) electrons. The lowest BCUT2D eigenvalue weighted by Crippen LogP contribution is -2.57. The maximum absolute atomic E-state index is 14.6. The van der Waals surface area contributed by atoms with Gasteiger partial charge in [0.2, 0.25) is 11.8 Å². The Kier molecular flexibility index (Phi) is 8.34. The van der Waals surface area contributed by atoms with E-state index in [1.54, 1.807) is 47.7 Å². The van der Waals surface area contributed by atoms with E-state index < -0.39 is 72.2 Å². The fraction of sp³-hybridized carbons (Fsp3) is 0.429. The molecule has 3 aromatic rings. The largest absolute Gasteiger partial charge is 0.455 e. The van der Waals surface area contributed by atoms with Crippen molar-refractivity contribution in [2.45, 2.75) is 69.3 Å². The fourth-order valence-electron chi connectivity index (χ4n) is 7.56. The van der Waals surface area contributed by atoms with E-state index in [2.05, 4.69) is 15.6 Å². The highest BCUT2D eigenvalue weighted by Crippen LogP contribution is 2.54. The van der Waals surface area contributed by atoms with Crippen molar-refractivity contribution in [1.82, 2.24) is 30.1 Å². The number of hydrogen-bond acceptors (Lipinski definition) is 9. The molecule has 13 heteroatoms. The number of likely N-dealkylation sites (tertiary alicyclic amines) is 1. The highest BCUT2D eigenvalue weighted by molar-refractivity contribution is 5.99. The van der Waals surface area contributed by atoms with E-state index in [-0.39, 0.29) is 25.5 Å². The van der Waals surface area contributed by atoms with Crippen molar-refractivity contribution in [3.8, 4) is 0 Å². The van der Waals surface area contributed by atoms with Crippen LogP contribution in [0.1, 0.15) is 38.4 Å². The summed E-state index contributed by atoms with van der Waals surface area (Å²) in [5.41, 5.74) is 0.574. The van der Waals surface area contributed by atoms with Crippen LogP contribution in [-0.2, 0) is 35.3 Å². The lowest BCUT2D eigenvalue weighted by atomic mass is 9.77. The SMILES string of the molecule is C[C@H](CO)N1C(=O)[C@@H]2[C@H]3C(=O)O[C@H](c4ccccc4)[C@@H](C)NC(=O)CC/C=C\[C@H]3O[C@@]23C=CCN(Cn2nnc4ccccc42)C(=O)[C@@H]13. The molecule has 250 valence electrons. The molecule has 1 aromatic heterocycles. The molecule has 2 aromatic carbocycles. The Balaban J connectivity index is 1.29. The molecule has 8 atom stereocenters. The highest BCUT2D eigenvalue weighted by atomic mass is 16.6. The van der Waals surface area contributed by atoms with Gasteiger partial charge in [-0.25, -0.2) is 4.68 Å². The van der Waals surface area contributed by atoms with Crippen molar-refractivity contribution in [3.05, 3.63) is 84.5 Å². The Bertz CT molecular complexity index is 1790. The summed E-state index contributed by atoms with van der Waals surface area (Å²) in [6, 6.07) is 14.0. The number of cyclic esters (lactones) is 1. The van der Waals surface area contributed by atoms with Crippen LogP contribution in [0.25, 0.3) is 11.0 Å². The van der Waals surface area contributed by atoms with E-state index in [1.165, 1.54) is 4.90 Å². The standard InChI is InChI=1S/C35H38N6O7/c1-21(19-42)41-31-33(45)39(20-40-25-14-7-6-13-24(25)37-38-40)18-10-17-35(31)29(32(41)44)28-26(48-35)15-8-9-16-27(43)36-22(2)30(47-34(28)46)23-11-4-3-5-12-23/h3-8,10-15,17,21-22,26,28-31,42H,9,16,18-20H2,1-2H3,(H,36,43)/b15-8-/t21-,22-,26-,28+,29+,30+,31-,35+/m1/s1. The van der Waals surface area contributed by atoms with Gasteiger partial charge >= 0.3 is 5.97 Å². The lowest BCUT2D eigenvalue weighted by molar-refractivity contribution is -0.162. The first kappa shape index (κ1) is 31.7. The van der Waals surface area contributed by atoms with Gasteiger partial charge in [-0.2, -0.15) is 0 Å². The molecule has 7 rings (SSSR count). The summed E-state index contributed by atoms with van der Waals surface area (Å²) >= 11 is 0. The predicted octanol–water partition coefficient (Wildman–Crippen LogP) is 1.89. The summed E-state index contributed by atoms with van der Waals surface area (Å²) in [4.78, 5) is 59.3. The van der Waals surface area contributed by atoms with E-state index in [1.807, 2.05) is 54.6 Å². The number of para-hydroxylation sites is 1. The van der Waals surface area contributed by atoms with Crippen molar-refractivity contribution in [1.29, 1.82) is 0 Å². The quantitative estimate of drug-likeness (QED) is 0.310. The van der Waals surface area contributed by atoms with Crippen molar-refractivity contribution in [2.24, 2.45) is 11.8 Å². The number of rotatable bonds is 5. The summed E-state index contributed by atoms with van der Waals surface area (Å²) in [5, 5.41) is 21.7. The molecule has 4 aliphatic rings. The van der Waals surface area contributed by atoms with Gasteiger partial charge in [-0.3, -0.25) is 19.2 Å². The van der Waals surface area contributed by atoms with Crippen LogP contribution in [0.2, 0.25) is 0 Å². The minimum Gasteiger partial charge on any atom is -0.455 e. The van der Waals surface area contributed by atoms with Crippen LogP contribution in [0.3, 0.4) is 0 Å². The third kappa shape index (κ3) is 5.27. The van der Waals surface area contributed by atoms with Gasteiger partial charge in [0.25, 0.3) is 5.91 Å². The van der Waals surface area contributed by atoms with E-state index in [0.717, 1.165) is 5.52 Å².